The van der Waals surface area contributed by atoms with Crippen LogP contribution in [0, 0.1) is 6.07 Å². The zero-order chi connectivity index (χ0) is 39.6. The van der Waals surface area contributed by atoms with Gasteiger partial charge in [0.25, 0.3) is 0 Å². The van der Waals surface area contributed by atoms with Gasteiger partial charge in [-0.2, -0.15) is 0 Å². The van der Waals surface area contributed by atoms with E-state index in [-0.39, 0.29) is 43.1 Å². The summed E-state index contributed by atoms with van der Waals surface area (Å²) in [6.07, 6.45) is 1.88. The molecule has 6 aromatic carbocycles. The van der Waals surface area contributed by atoms with Crippen molar-refractivity contribution in [1.29, 1.82) is 0 Å². The van der Waals surface area contributed by atoms with Gasteiger partial charge >= 0.3 is 0 Å². The number of fused-ring (bicyclic) bond motifs is 2. The molecule has 290 valence electrons. The Bertz CT molecular complexity index is 2740. The van der Waals surface area contributed by atoms with Gasteiger partial charge in [-0.1, -0.05) is 152 Å². The number of rotatable bonds is 5. The Morgan fingerprint density at radius 1 is 0.526 bits per heavy atom. The summed E-state index contributed by atoms with van der Waals surface area (Å²) in [5, 5.41) is 12.2. The van der Waals surface area contributed by atoms with Crippen molar-refractivity contribution < 1.29 is 30.6 Å². The molecule has 5 heteroatoms. The van der Waals surface area contributed by atoms with Crippen molar-refractivity contribution in [3.63, 3.8) is 0 Å². The average Bonchev–Trinajstić information content (AvgIpc) is 3.60. The van der Waals surface area contributed by atoms with Gasteiger partial charge in [-0.05, 0) is 84.8 Å². The smallest absolute Gasteiger partial charge is 0.230 e. The van der Waals surface area contributed by atoms with Crippen LogP contribution in [0.5, 0.6) is 5.75 Å². The fraction of sp³-hybridized carbons (Fsp3) is 0.231. The third-order valence-electron chi connectivity index (χ3n) is 10.8. The third kappa shape index (κ3) is 7.73. The molecule has 0 spiro atoms. The standard InChI is InChI=1S/C52H49N2O2.Pt/c1-50(2,3)37-22-20-32(21-23-37)36-28-41(48-45(29-36)56-49(54-48)43-30-38(51(4,5)6)24-25-44(43)55)34-17-13-18-35(27-34)42-31-40(33-15-11-10-12-16-33)46(52(7,8)9)39-19-14-26-53-47(39)42;/h10-26,28-31,55H,1-9H3;/q-1;. The van der Waals surface area contributed by atoms with Crippen LogP contribution in [0.15, 0.2) is 132 Å². The molecular weight excluding hydrogens is 880 g/mol. The fourth-order valence-corrected chi connectivity index (χ4v) is 7.75. The van der Waals surface area contributed by atoms with Gasteiger partial charge in [0, 0.05) is 32.8 Å². The third-order valence-corrected chi connectivity index (χ3v) is 10.8. The first-order valence-electron chi connectivity index (χ1n) is 19.5. The van der Waals surface area contributed by atoms with E-state index >= 15 is 0 Å². The monoisotopic (exact) mass is 928 g/mol. The van der Waals surface area contributed by atoms with Gasteiger partial charge in [-0.3, -0.25) is 4.98 Å². The van der Waals surface area contributed by atoms with Gasteiger partial charge in [-0.15, -0.1) is 35.4 Å². The molecule has 0 fully saturated rings. The number of aromatic nitrogens is 2. The van der Waals surface area contributed by atoms with Crippen LogP contribution in [0.1, 0.15) is 79.0 Å². The second-order valence-corrected chi connectivity index (χ2v) is 18.0. The number of pyridine rings is 1. The minimum Gasteiger partial charge on any atom is -0.507 e. The minimum atomic E-state index is -0.126. The van der Waals surface area contributed by atoms with Crippen molar-refractivity contribution in [2.45, 2.75) is 78.6 Å². The van der Waals surface area contributed by atoms with Crippen LogP contribution in [0.3, 0.4) is 0 Å². The molecule has 2 aromatic heterocycles. The summed E-state index contributed by atoms with van der Waals surface area (Å²) in [6.45, 7) is 20.0. The molecule has 0 saturated heterocycles. The molecule has 0 amide bonds. The second-order valence-electron chi connectivity index (χ2n) is 18.0. The Kier molecular flexibility index (Phi) is 10.4. The first-order valence-corrected chi connectivity index (χ1v) is 19.5. The van der Waals surface area contributed by atoms with Gasteiger partial charge in [0.1, 0.15) is 11.3 Å². The molecule has 0 bridgehead atoms. The fourth-order valence-electron chi connectivity index (χ4n) is 7.75. The van der Waals surface area contributed by atoms with Crippen molar-refractivity contribution >= 4 is 22.0 Å². The molecule has 0 unspecified atom stereocenters. The number of hydrogen-bond acceptors (Lipinski definition) is 4. The molecule has 0 aliphatic carbocycles. The number of benzene rings is 6. The van der Waals surface area contributed by atoms with Crippen molar-refractivity contribution in [3.8, 4) is 61.7 Å². The number of aromatic hydroxyl groups is 1. The molecular formula is C52H49N2O2Pt-. The molecule has 4 nitrogen and oxygen atoms in total. The van der Waals surface area contributed by atoms with Crippen LogP contribution in [0.4, 0.5) is 0 Å². The van der Waals surface area contributed by atoms with E-state index in [2.05, 4.69) is 165 Å². The summed E-state index contributed by atoms with van der Waals surface area (Å²) in [6, 6.07) is 46.0. The molecule has 0 radical (unpaired) electrons. The van der Waals surface area contributed by atoms with E-state index in [1.807, 2.05) is 24.4 Å². The van der Waals surface area contributed by atoms with Gasteiger partial charge in [-0.25, -0.2) is 4.98 Å². The minimum absolute atomic E-state index is 0. The van der Waals surface area contributed by atoms with Crippen molar-refractivity contribution in [1.82, 2.24) is 9.97 Å². The number of phenols is 1. The van der Waals surface area contributed by atoms with E-state index in [1.54, 1.807) is 6.07 Å². The predicted molar refractivity (Wildman–Crippen MR) is 233 cm³/mol. The van der Waals surface area contributed by atoms with Crippen LogP contribution in [-0.4, -0.2) is 15.1 Å². The molecule has 2 heterocycles. The van der Waals surface area contributed by atoms with Gasteiger partial charge < -0.3 is 9.52 Å². The normalized spacial score (nSPS) is 12.2. The number of hydrogen-bond donors (Lipinski definition) is 1. The molecule has 0 saturated carbocycles. The summed E-state index contributed by atoms with van der Waals surface area (Å²) < 4.78 is 6.59. The maximum atomic E-state index is 11.1. The molecule has 1 N–H and O–H groups in total. The van der Waals surface area contributed by atoms with Crippen LogP contribution in [-0.2, 0) is 37.3 Å². The zero-order valence-electron chi connectivity index (χ0n) is 34.2. The molecule has 8 aromatic rings. The maximum absolute atomic E-state index is 11.1. The van der Waals surface area contributed by atoms with E-state index < -0.39 is 0 Å². The zero-order valence-corrected chi connectivity index (χ0v) is 36.5. The number of nitrogens with zero attached hydrogens (tertiary/aromatic N) is 2. The van der Waals surface area contributed by atoms with Crippen molar-refractivity contribution in [2.75, 3.05) is 0 Å². The van der Waals surface area contributed by atoms with Crippen LogP contribution >= 0.6 is 0 Å². The average molecular weight is 929 g/mol. The molecule has 8 rings (SSSR count). The van der Waals surface area contributed by atoms with E-state index in [0.717, 1.165) is 49.8 Å². The maximum Gasteiger partial charge on any atom is 0.230 e. The van der Waals surface area contributed by atoms with E-state index in [1.165, 1.54) is 22.3 Å². The SMILES string of the molecule is CC(C)(C)c1ccc(-c2cc(-c3[c-]c(-c4cc(-c5ccccc5)c(C(C)(C)C)c5cccnc45)ccc3)c3nc(-c4cc(C(C)(C)C)ccc4O)oc3c2)cc1.[Pt]. The first kappa shape index (κ1) is 39.9. The van der Waals surface area contributed by atoms with Crippen LogP contribution in [0.2, 0.25) is 0 Å². The van der Waals surface area contributed by atoms with Crippen LogP contribution < -0.4 is 0 Å². The Balaban J connectivity index is 0.00000496. The Morgan fingerprint density at radius 2 is 1.18 bits per heavy atom. The predicted octanol–water partition coefficient (Wildman–Crippen LogP) is 14.1. The largest absolute Gasteiger partial charge is 0.507 e. The van der Waals surface area contributed by atoms with E-state index in [9.17, 15) is 5.11 Å². The molecule has 57 heavy (non-hydrogen) atoms. The summed E-state index contributed by atoms with van der Waals surface area (Å²) in [4.78, 5) is 10.1. The molecule has 0 aliphatic rings. The number of oxazole rings is 1. The van der Waals surface area contributed by atoms with Crippen molar-refractivity contribution in [2.24, 2.45) is 0 Å². The summed E-state index contributed by atoms with van der Waals surface area (Å²) in [5.74, 6) is 0.506. The molecule has 0 aliphatic heterocycles. The Morgan fingerprint density at radius 3 is 1.82 bits per heavy atom. The van der Waals surface area contributed by atoms with Gasteiger partial charge in [0.15, 0.2) is 0 Å². The van der Waals surface area contributed by atoms with Gasteiger partial charge in [0.2, 0.25) is 5.89 Å². The second kappa shape index (κ2) is 14.9. The Labute approximate surface area is 351 Å². The van der Waals surface area contributed by atoms with E-state index in [0.29, 0.717) is 22.6 Å². The quantitative estimate of drug-likeness (QED) is 0.175. The Hall–Kier alpha value is -5.31. The first-order chi connectivity index (χ1) is 26.6. The number of phenolic OH excluding ortho intramolecular Hbond substituents is 1. The van der Waals surface area contributed by atoms with Crippen LogP contribution in [0.25, 0.3) is 78.0 Å². The summed E-state index contributed by atoms with van der Waals surface area (Å²) >= 11 is 0. The summed E-state index contributed by atoms with van der Waals surface area (Å²) in [7, 11) is 0. The van der Waals surface area contributed by atoms with Gasteiger partial charge in [0.05, 0.1) is 11.1 Å². The van der Waals surface area contributed by atoms with Crippen molar-refractivity contribution in [3.05, 3.63) is 150 Å². The summed E-state index contributed by atoms with van der Waals surface area (Å²) in [5.41, 5.74) is 14.5. The molecule has 0 atom stereocenters. The van der Waals surface area contributed by atoms with E-state index in [4.69, 9.17) is 14.4 Å². The topological polar surface area (TPSA) is 59.2 Å².